The summed E-state index contributed by atoms with van der Waals surface area (Å²) in [5, 5.41) is 5.31. The number of hydrogen-bond donors (Lipinski definition) is 0. The first-order chi connectivity index (χ1) is 11.4. The van der Waals surface area contributed by atoms with Crippen LogP contribution in [0.3, 0.4) is 0 Å². The summed E-state index contributed by atoms with van der Waals surface area (Å²) >= 11 is 12.8. The van der Waals surface area contributed by atoms with Gasteiger partial charge in [-0.15, -0.1) is 0 Å². The van der Waals surface area contributed by atoms with Gasteiger partial charge in [-0.2, -0.15) is 5.10 Å². The van der Waals surface area contributed by atoms with Gasteiger partial charge in [0.05, 0.1) is 11.7 Å². The van der Waals surface area contributed by atoms with Crippen LogP contribution in [0.25, 0.3) is 0 Å². The van der Waals surface area contributed by atoms with Gasteiger partial charge in [-0.25, -0.2) is 9.37 Å². The number of halogens is 3. The fourth-order valence-corrected chi connectivity index (χ4v) is 3.93. The van der Waals surface area contributed by atoms with E-state index in [0.717, 1.165) is 37.2 Å². The van der Waals surface area contributed by atoms with Crippen molar-refractivity contribution in [2.24, 2.45) is 5.92 Å². The molecular formula is C17H21Cl2FN4. The lowest BCUT2D eigenvalue weighted by molar-refractivity contribution is 0.481. The largest absolute Gasteiger partial charge is 0.348 e. The topological polar surface area (TPSA) is 34.0 Å². The molecular weight excluding hydrogens is 350 g/mol. The molecule has 130 valence electrons. The molecule has 0 N–H and O–H groups in total. The Balaban J connectivity index is 2.00. The van der Waals surface area contributed by atoms with Gasteiger partial charge in [0.1, 0.15) is 16.0 Å². The smallest absolute Gasteiger partial charge is 0.150 e. The molecule has 0 aliphatic carbocycles. The number of pyridine rings is 1. The molecule has 3 rings (SSSR count). The highest BCUT2D eigenvalue weighted by atomic mass is 35.5. The summed E-state index contributed by atoms with van der Waals surface area (Å²) in [6.07, 6.45) is 3.34. The summed E-state index contributed by atoms with van der Waals surface area (Å²) in [6.45, 7) is 7.77. The molecule has 0 radical (unpaired) electrons. The minimum atomic E-state index is -0.453. The number of anilines is 1. The van der Waals surface area contributed by atoms with Gasteiger partial charge in [-0.05, 0) is 31.7 Å². The van der Waals surface area contributed by atoms with Crippen LogP contribution in [-0.2, 0) is 6.54 Å². The molecule has 1 unspecified atom stereocenters. The Morgan fingerprint density at radius 3 is 2.83 bits per heavy atom. The van der Waals surface area contributed by atoms with Crippen LogP contribution in [0.4, 0.5) is 10.2 Å². The predicted octanol–water partition coefficient (Wildman–Crippen LogP) is 5.03. The van der Waals surface area contributed by atoms with Crippen molar-refractivity contribution in [3.05, 3.63) is 39.5 Å². The van der Waals surface area contributed by atoms with Crippen molar-refractivity contribution in [2.75, 3.05) is 11.4 Å². The maximum absolute atomic E-state index is 13.8. The summed E-state index contributed by atoms with van der Waals surface area (Å²) < 4.78 is 15.7. The lowest BCUT2D eigenvalue weighted by atomic mass is 10.1. The first-order valence-corrected chi connectivity index (χ1v) is 8.95. The molecule has 24 heavy (non-hydrogen) atoms. The normalized spacial score (nSPS) is 18.0. The van der Waals surface area contributed by atoms with Crippen LogP contribution < -0.4 is 4.90 Å². The molecule has 0 aromatic carbocycles. The molecule has 2 aromatic rings. The van der Waals surface area contributed by atoms with Gasteiger partial charge in [0.2, 0.25) is 0 Å². The Labute approximate surface area is 151 Å². The Hall–Kier alpha value is -1.33. The minimum absolute atomic E-state index is 0.0187. The van der Waals surface area contributed by atoms with Crippen LogP contribution in [-0.4, -0.2) is 21.3 Å². The molecule has 0 bridgehead atoms. The van der Waals surface area contributed by atoms with Crippen LogP contribution in [0.5, 0.6) is 0 Å². The average molecular weight is 371 g/mol. The van der Waals surface area contributed by atoms with Crippen LogP contribution in [0.15, 0.2) is 12.3 Å². The van der Waals surface area contributed by atoms with E-state index in [1.807, 2.05) is 16.5 Å². The second kappa shape index (κ2) is 6.89. The molecule has 4 nitrogen and oxygen atoms in total. The third-order valence-corrected chi connectivity index (χ3v) is 5.08. The van der Waals surface area contributed by atoms with Crippen molar-refractivity contribution < 1.29 is 4.39 Å². The van der Waals surface area contributed by atoms with Crippen molar-refractivity contribution in [3.8, 4) is 0 Å². The quantitative estimate of drug-likeness (QED) is 0.756. The SMILES string of the molecule is Cc1nn(CC(C)C)c(Cl)c1C1CCCN1c1nccc(F)c1Cl. The average Bonchev–Trinajstić information content (AvgIpc) is 3.07. The molecule has 1 saturated heterocycles. The van der Waals surface area contributed by atoms with E-state index in [4.69, 9.17) is 23.2 Å². The number of rotatable bonds is 4. The van der Waals surface area contributed by atoms with Gasteiger partial charge >= 0.3 is 0 Å². The first-order valence-electron chi connectivity index (χ1n) is 8.19. The van der Waals surface area contributed by atoms with Crippen molar-refractivity contribution in [1.29, 1.82) is 0 Å². The zero-order chi connectivity index (χ0) is 17.4. The van der Waals surface area contributed by atoms with Gasteiger partial charge in [0, 0.05) is 24.8 Å². The van der Waals surface area contributed by atoms with Gasteiger partial charge in [-0.1, -0.05) is 37.0 Å². The van der Waals surface area contributed by atoms with E-state index < -0.39 is 5.82 Å². The lowest BCUT2D eigenvalue weighted by Gasteiger charge is -2.26. The number of aromatic nitrogens is 3. The third-order valence-electron chi connectivity index (χ3n) is 4.33. The summed E-state index contributed by atoms with van der Waals surface area (Å²) in [5.41, 5.74) is 1.90. The van der Waals surface area contributed by atoms with Gasteiger partial charge in [0.25, 0.3) is 0 Å². The molecule has 0 saturated carbocycles. The second-order valence-electron chi connectivity index (χ2n) is 6.65. The molecule has 3 heterocycles. The molecule has 1 aliphatic rings. The zero-order valence-corrected chi connectivity index (χ0v) is 15.6. The number of aryl methyl sites for hydroxylation is 1. The van der Waals surface area contributed by atoms with E-state index in [0.29, 0.717) is 16.9 Å². The second-order valence-corrected chi connectivity index (χ2v) is 7.38. The highest BCUT2D eigenvalue weighted by Gasteiger charge is 2.33. The van der Waals surface area contributed by atoms with Crippen molar-refractivity contribution in [2.45, 2.75) is 46.2 Å². The standard InChI is InChI=1S/C17H21Cl2FN4/c1-10(2)9-24-16(19)14(11(3)22-24)13-5-4-8-23(13)17-15(18)12(20)6-7-21-17/h6-7,10,13H,4-5,8-9H2,1-3H3. The number of nitrogens with zero attached hydrogens (tertiary/aromatic N) is 4. The number of hydrogen-bond acceptors (Lipinski definition) is 3. The van der Waals surface area contributed by atoms with Crippen LogP contribution in [0.1, 0.15) is 44.0 Å². The predicted molar refractivity (Wildman–Crippen MR) is 95.3 cm³/mol. The van der Waals surface area contributed by atoms with Gasteiger partial charge in [-0.3, -0.25) is 4.68 Å². The molecule has 7 heteroatoms. The van der Waals surface area contributed by atoms with Crippen LogP contribution in [0, 0.1) is 18.7 Å². The van der Waals surface area contributed by atoms with Crippen molar-refractivity contribution in [1.82, 2.24) is 14.8 Å². The zero-order valence-electron chi connectivity index (χ0n) is 14.1. The first kappa shape index (κ1) is 17.5. The maximum atomic E-state index is 13.8. The third kappa shape index (κ3) is 3.11. The summed E-state index contributed by atoms with van der Waals surface area (Å²) in [5.74, 6) is 0.477. The Morgan fingerprint density at radius 2 is 2.12 bits per heavy atom. The van der Waals surface area contributed by atoms with E-state index in [9.17, 15) is 4.39 Å². The van der Waals surface area contributed by atoms with E-state index in [-0.39, 0.29) is 11.1 Å². The highest BCUT2D eigenvalue weighted by molar-refractivity contribution is 6.33. The Kier molecular flexibility index (Phi) is 5.02. The van der Waals surface area contributed by atoms with E-state index in [1.54, 1.807) is 0 Å². The van der Waals surface area contributed by atoms with E-state index in [1.165, 1.54) is 12.3 Å². The molecule has 2 aromatic heterocycles. The summed E-state index contributed by atoms with van der Waals surface area (Å²) in [4.78, 5) is 6.34. The van der Waals surface area contributed by atoms with E-state index >= 15 is 0 Å². The van der Waals surface area contributed by atoms with Gasteiger partial charge in [0.15, 0.2) is 5.82 Å². The van der Waals surface area contributed by atoms with Crippen LogP contribution >= 0.6 is 23.2 Å². The molecule has 1 fully saturated rings. The Bertz CT molecular complexity index is 744. The van der Waals surface area contributed by atoms with Crippen molar-refractivity contribution >= 4 is 29.0 Å². The van der Waals surface area contributed by atoms with E-state index in [2.05, 4.69) is 23.9 Å². The molecule has 1 atom stereocenters. The Morgan fingerprint density at radius 1 is 1.38 bits per heavy atom. The fourth-order valence-electron chi connectivity index (χ4n) is 3.34. The highest BCUT2D eigenvalue weighted by Crippen LogP contribution is 2.42. The molecule has 0 amide bonds. The monoisotopic (exact) mass is 370 g/mol. The molecule has 1 aliphatic heterocycles. The summed E-state index contributed by atoms with van der Waals surface area (Å²) in [7, 11) is 0. The maximum Gasteiger partial charge on any atom is 0.150 e. The van der Waals surface area contributed by atoms with Crippen molar-refractivity contribution in [3.63, 3.8) is 0 Å². The lowest BCUT2D eigenvalue weighted by Crippen LogP contribution is -2.24. The van der Waals surface area contributed by atoms with Crippen LogP contribution in [0.2, 0.25) is 10.2 Å². The molecule has 0 spiro atoms. The minimum Gasteiger partial charge on any atom is -0.348 e. The fraction of sp³-hybridized carbons (Fsp3) is 0.529. The van der Waals surface area contributed by atoms with Gasteiger partial charge < -0.3 is 4.90 Å². The summed E-state index contributed by atoms with van der Waals surface area (Å²) in [6, 6.07) is 1.29.